The standard InChI is InChI=1S/C14H29NO/c1-3-15-13-14(9-5-4-6-10-14)11-7-8-12-16-2/h15H,3-13H2,1-2H3. The van der Waals surface area contributed by atoms with Crippen molar-refractivity contribution < 1.29 is 4.74 Å². The van der Waals surface area contributed by atoms with Crippen molar-refractivity contribution in [3.8, 4) is 0 Å². The van der Waals surface area contributed by atoms with Crippen molar-refractivity contribution in [3.63, 3.8) is 0 Å². The number of ether oxygens (including phenoxy) is 1. The lowest BCUT2D eigenvalue weighted by atomic mass is 9.71. The third kappa shape index (κ3) is 4.84. The Balaban J connectivity index is 2.30. The van der Waals surface area contributed by atoms with Crippen molar-refractivity contribution in [2.75, 3.05) is 26.8 Å². The molecule has 1 N–H and O–H groups in total. The van der Waals surface area contributed by atoms with E-state index in [0.717, 1.165) is 13.2 Å². The fourth-order valence-electron chi connectivity index (χ4n) is 2.95. The van der Waals surface area contributed by atoms with Gasteiger partial charge in [-0.2, -0.15) is 0 Å². The van der Waals surface area contributed by atoms with Gasteiger partial charge >= 0.3 is 0 Å². The van der Waals surface area contributed by atoms with Gasteiger partial charge in [0.25, 0.3) is 0 Å². The van der Waals surface area contributed by atoms with Gasteiger partial charge in [-0.05, 0) is 37.6 Å². The molecule has 1 fully saturated rings. The summed E-state index contributed by atoms with van der Waals surface area (Å²) in [5.41, 5.74) is 0.613. The van der Waals surface area contributed by atoms with Crippen LogP contribution >= 0.6 is 0 Å². The summed E-state index contributed by atoms with van der Waals surface area (Å²) in [6.07, 6.45) is 11.2. The minimum absolute atomic E-state index is 0.613. The molecule has 0 heterocycles. The Morgan fingerprint density at radius 2 is 1.88 bits per heavy atom. The molecule has 0 atom stereocenters. The Morgan fingerprint density at radius 1 is 1.12 bits per heavy atom. The van der Waals surface area contributed by atoms with Crippen LogP contribution in [0, 0.1) is 5.41 Å². The largest absolute Gasteiger partial charge is 0.385 e. The molecule has 2 heteroatoms. The molecule has 0 spiro atoms. The van der Waals surface area contributed by atoms with Gasteiger partial charge in [0.1, 0.15) is 0 Å². The van der Waals surface area contributed by atoms with Crippen molar-refractivity contribution in [1.82, 2.24) is 5.32 Å². The second kappa shape index (κ2) is 8.08. The van der Waals surface area contributed by atoms with Crippen molar-refractivity contribution in [1.29, 1.82) is 0 Å². The molecule has 1 aliphatic rings. The molecule has 0 aromatic rings. The van der Waals surface area contributed by atoms with Crippen LogP contribution in [0.4, 0.5) is 0 Å². The van der Waals surface area contributed by atoms with Crippen molar-refractivity contribution in [2.45, 2.75) is 58.3 Å². The molecule has 96 valence electrons. The smallest absolute Gasteiger partial charge is 0.0462 e. The van der Waals surface area contributed by atoms with E-state index in [1.807, 2.05) is 0 Å². The van der Waals surface area contributed by atoms with E-state index in [1.54, 1.807) is 7.11 Å². The molecule has 1 rings (SSSR count). The molecule has 0 unspecified atom stereocenters. The Labute approximate surface area is 101 Å². The van der Waals surface area contributed by atoms with E-state index < -0.39 is 0 Å². The molecular weight excluding hydrogens is 198 g/mol. The first-order valence-electron chi connectivity index (χ1n) is 7.03. The molecule has 0 aliphatic heterocycles. The number of unbranched alkanes of at least 4 members (excludes halogenated alkanes) is 1. The van der Waals surface area contributed by atoms with Gasteiger partial charge in [-0.15, -0.1) is 0 Å². The average molecular weight is 227 g/mol. The highest BCUT2D eigenvalue weighted by Gasteiger charge is 2.30. The topological polar surface area (TPSA) is 21.3 Å². The van der Waals surface area contributed by atoms with Crippen LogP contribution in [0.3, 0.4) is 0 Å². The lowest BCUT2D eigenvalue weighted by Crippen LogP contribution is -2.36. The summed E-state index contributed by atoms with van der Waals surface area (Å²) in [7, 11) is 1.80. The molecule has 16 heavy (non-hydrogen) atoms. The van der Waals surface area contributed by atoms with Gasteiger partial charge in [-0.3, -0.25) is 0 Å². The first-order valence-corrected chi connectivity index (χ1v) is 7.03. The van der Waals surface area contributed by atoms with Crippen LogP contribution < -0.4 is 5.32 Å². The van der Waals surface area contributed by atoms with Gasteiger partial charge in [0.05, 0.1) is 0 Å². The van der Waals surface area contributed by atoms with E-state index in [-0.39, 0.29) is 0 Å². The minimum Gasteiger partial charge on any atom is -0.385 e. The Morgan fingerprint density at radius 3 is 2.50 bits per heavy atom. The van der Waals surface area contributed by atoms with E-state index in [1.165, 1.54) is 57.9 Å². The third-order valence-corrected chi connectivity index (χ3v) is 3.97. The zero-order chi connectivity index (χ0) is 11.7. The van der Waals surface area contributed by atoms with E-state index in [0.29, 0.717) is 5.41 Å². The Hall–Kier alpha value is -0.0800. The van der Waals surface area contributed by atoms with E-state index in [4.69, 9.17) is 4.74 Å². The van der Waals surface area contributed by atoms with Crippen LogP contribution in [0.5, 0.6) is 0 Å². The van der Waals surface area contributed by atoms with Gasteiger partial charge in [0, 0.05) is 20.3 Å². The van der Waals surface area contributed by atoms with E-state index >= 15 is 0 Å². The van der Waals surface area contributed by atoms with Gasteiger partial charge in [0.2, 0.25) is 0 Å². The zero-order valence-electron chi connectivity index (χ0n) is 11.2. The van der Waals surface area contributed by atoms with Crippen LogP contribution in [0.15, 0.2) is 0 Å². The Bertz CT molecular complexity index is 164. The molecule has 0 amide bonds. The van der Waals surface area contributed by atoms with Gasteiger partial charge in [0.15, 0.2) is 0 Å². The first kappa shape index (κ1) is 14.0. The molecule has 0 aromatic heterocycles. The maximum Gasteiger partial charge on any atom is 0.0462 e. The summed E-state index contributed by atoms with van der Waals surface area (Å²) in [4.78, 5) is 0. The summed E-state index contributed by atoms with van der Waals surface area (Å²) in [6.45, 7) is 5.48. The summed E-state index contributed by atoms with van der Waals surface area (Å²) in [6, 6.07) is 0. The van der Waals surface area contributed by atoms with Gasteiger partial charge in [-0.25, -0.2) is 0 Å². The van der Waals surface area contributed by atoms with E-state index in [9.17, 15) is 0 Å². The van der Waals surface area contributed by atoms with Crippen LogP contribution in [-0.2, 0) is 4.74 Å². The molecule has 0 saturated heterocycles. The molecule has 0 bridgehead atoms. The molecule has 0 aromatic carbocycles. The summed E-state index contributed by atoms with van der Waals surface area (Å²) < 4.78 is 5.13. The fraction of sp³-hybridized carbons (Fsp3) is 1.00. The van der Waals surface area contributed by atoms with Crippen LogP contribution in [-0.4, -0.2) is 26.8 Å². The lowest BCUT2D eigenvalue weighted by molar-refractivity contribution is 0.147. The van der Waals surface area contributed by atoms with Crippen molar-refractivity contribution in [2.24, 2.45) is 5.41 Å². The highest BCUT2D eigenvalue weighted by molar-refractivity contribution is 4.84. The zero-order valence-corrected chi connectivity index (χ0v) is 11.2. The predicted molar refractivity (Wildman–Crippen MR) is 69.8 cm³/mol. The molecule has 1 saturated carbocycles. The average Bonchev–Trinajstić information content (AvgIpc) is 2.34. The highest BCUT2D eigenvalue weighted by atomic mass is 16.5. The Kier molecular flexibility index (Phi) is 7.06. The maximum atomic E-state index is 5.13. The summed E-state index contributed by atoms with van der Waals surface area (Å²) in [5, 5.41) is 3.57. The second-order valence-electron chi connectivity index (χ2n) is 5.29. The van der Waals surface area contributed by atoms with E-state index in [2.05, 4.69) is 12.2 Å². The fourth-order valence-corrected chi connectivity index (χ4v) is 2.95. The number of nitrogens with one attached hydrogen (secondary N) is 1. The number of hydrogen-bond acceptors (Lipinski definition) is 2. The van der Waals surface area contributed by atoms with Crippen LogP contribution in [0.2, 0.25) is 0 Å². The van der Waals surface area contributed by atoms with Gasteiger partial charge in [-0.1, -0.05) is 32.6 Å². The third-order valence-electron chi connectivity index (χ3n) is 3.97. The maximum absolute atomic E-state index is 5.13. The molecular formula is C14H29NO. The molecule has 0 radical (unpaired) electrons. The summed E-state index contributed by atoms with van der Waals surface area (Å²) in [5.74, 6) is 0. The second-order valence-corrected chi connectivity index (χ2v) is 5.29. The monoisotopic (exact) mass is 227 g/mol. The predicted octanol–water partition coefficient (Wildman–Crippen LogP) is 3.36. The van der Waals surface area contributed by atoms with Crippen molar-refractivity contribution >= 4 is 0 Å². The lowest BCUT2D eigenvalue weighted by Gasteiger charge is -2.38. The minimum atomic E-state index is 0.613. The highest BCUT2D eigenvalue weighted by Crippen LogP contribution is 2.39. The van der Waals surface area contributed by atoms with Gasteiger partial charge < -0.3 is 10.1 Å². The van der Waals surface area contributed by atoms with Crippen molar-refractivity contribution in [3.05, 3.63) is 0 Å². The first-order chi connectivity index (χ1) is 7.83. The normalized spacial score (nSPS) is 19.9. The SMILES string of the molecule is CCNCC1(CCCCOC)CCCCC1. The molecule has 2 nitrogen and oxygen atoms in total. The number of rotatable bonds is 8. The number of methoxy groups -OCH3 is 1. The number of hydrogen-bond donors (Lipinski definition) is 1. The van der Waals surface area contributed by atoms with Crippen LogP contribution in [0.1, 0.15) is 58.3 Å². The van der Waals surface area contributed by atoms with Crippen LogP contribution in [0.25, 0.3) is 0 Å². The molecule has 1 aliphatic carbocycles. The quantitative estimate of drug-likeness (QED) is 0.642. The summed E-state index contributed by atoms with van der Waals surface area (Å²) >= 11 is 0.